The molecule has 3 aromatic rings. The van der Waals surface area contributed by atoms with E-state index in [0.717, 1.165) is 34.9 Å². The molecule has 184 valence electrons. The topological polar surface area (TPSA) is 97.3 Å². The number of rotatable bonds is 5. The quantitative estimate of drug-likeness (QED) is 0.401. The lowest BCUT2D eigenvalue weighted by molar-refractivity contribution is 0.0225. The Bertz CT molecular complexity index is 1260. The van der Waals surface area contributed by atoms with E-state index in [-0.39, 0.29) is 18.0 Å². The third-order valence-corrected chi connectivity index (χ3v) is 6.44. The zero-order chi connectivity index (χ0) is 25.2. The lowest BCUT2D eigenvalue weighted by Crippen LogP contribution is -2.45. The number of aromatic nitrogens is 3. The number of hydrogen-bond acceptors (Lipinski definition) is 7. The predicted molar refractivity (Wildman–Crippen MR) is 138 cm³/mol. The van der Waals surface area contributed by atoms with E-state index in [1.54, 1.807) is 11.1 Å². The van der Waals surface area contributed by atoms with Gasteiger partial charge >= 0.3 is 6.09 Å². The fourth-order valence-corrected chi connectivity index (χ4v) is 4.54. The molecule has 1 aromatic carbocycles. The molecule has 3 heterocycles. The summed E-state index contributed by atoms with van der Waals surface area (Å²) < 4.78 is 5.55. The van der Waals surface area contributed by atoms with Crippen LogP contribution >= 0.6 is 11.8 Å². The molecule has 1 atom stereocenters. The van der Waals surface area contributed by atoms with Crippen molar-refractivity contribution < 1.29 is 14.3 Å². The third kappa shape index (κ3) is 5.73. The number of benzene rings is 1. The summed E-state index contributed by atoms with van der Waals surface area (Å²) in [7, 11) is 0. The largest absolute Gasteiger partial charge is 0.444 e. The zero-order valence-electron chi connectivity index (χ0n) is 20.8. The fraction of sp³-hybridized carbons (Fsp3) is 0.423. The minimum atomic E-state index is -0.567. The van der Waals surface area contributed by atoms with Crippen molar-refractivity contribution in [2.45, 2.75) is 57.3 Å². The number of fused-ring (bicyclic) bond motifs is 1. The van der Waals surface area contributed by atoms with Gasteiger partial charge in [0.25, 0.3) is 5.91 Å². The van der Waals surface area contributed by atoms with E-state index in [2.05, 4.69) is 20.3 Å². The van der Waals surface area contributed by atoms with Crippen LogP contribution in [-0.4, -0.2) is 62.8 Å². The molecular formula is C26H31N5O3S. The van der Waals surface area contributed by atoms with E-state index < -0.39 is 5.60 Å². The Balaban J connectivity index is 1.62. The monoisotopic (exact) mass is 493 g/mol. The molecule has 0 spiro atoms. The second-order valence-electron chi connectivity index (χ2n) is 9.65. The first-order valence-electron chi connectivity index (χ1n) is 11.7. The van der Waals surface area contributed by atoms with Crippen LogP contribution in [0.4, 0.5) is 4.79 Å². The molecule has 0 unspecified atom stereocenters. The molecule has 0 aliphatic carbocycles. The fourth-order valence-electron chi connectivity index (χ4n) is 4.20. The number of likely N-dealkylation sites (tertiary alicyclic amines) is 1. The number of nitrogens with one attached hydrogen (secondary N) is 1. The summed E-state index contributed by atoms with van der Waals surface area (Å²) in [6.45, 7) is 8.50. The summed E-state index contributed by atoms with van der Waals surface area (Å²) in [5, 5.41) is 4.38. The van der Waals surface area contributed by atoms with Crippen LogP contribution in [0.3, 0.4) is 0 Å². The molecule has 1 aliphatic rings. The molecule has 8 nitrogen and oxygen atoms in total. The van der Waals surface area contributed by atoms with Gasteiger partial charge in [-0.1, -0.05) is 36.0 Å². The molecule has 35 heavy (non-hydrogen) atoms. The van der Waals surface area contributed by atoms with Gasteiger partial charge in [-0.05, 0) is 64.0 Å². The minimum absolute atomic E-state index is 0.124. The Labute approximate surface area is 209 Å². The van der Waals surface area contributed by atoms with Crippen molar-refractivity contribution >= 4 is 34.8 Å². The van der Waals surface area contributed by atoms with Gasteiger partial charge in [-0.3, -0.25) is 4.79 Å². The third-order valence-electron chi connectivity index (χ3n) is 5.88. The first kappa shape index (κ1) is 24.9. The van der Waals surface area contributed by atoms with E-state index in [4.69, 9.17) is 4.74 Å². The van der Waals surface area contributed by atoms with E-state index in [0.29, 0.717) is 29.6 Å². The van der Waals surface area contributed by atoms with Crippen molar-refractivity contribution in [3.8, 4) is 11.1 Å². The second kappa shape index (κ2) is 10.2. The molecule has 2 aromatic heterocycles. The molecule has 1 aliphatic heterocycles. The van der Waals surface area contributed by atoms with Crippen molar-refractivity contribution in [3.05, 3.63) is 47.8 Å². The van der Waals surface area contributed by atoms with Crippen LogP contribution < -0.4 is 5.32 Å². The van der Waals surface area contributed by atoms with Crippen molar-refractivity contribution in [1.82, 2.24) is 25.2 Å². The molecule has 1 N–H and O–H groups in total. The Morgan fingerprint density at radius 1 is 1.20 bits per heavy atom. The van der Waals surface area contributed by atoms with Crippen LogP contribution in [0, 0.1) is 6.92 Å². The van der Waals surface area contributed by atoms with Crippen LogP contribution in [0.5, 0.6) is 0 Å². The van der Waals surface area contributed by atoms with Gasteiger partial charge in [-0.25, -0.2) is 19.7 Å². The number of carbonyl (C=O) groups is 2. The van der Waals surface area contributed by atoms with Gasteiger partial charge in [0.15, 0.2) is 10.8 Å². The van der Waals surface area contributed by atoms with E-state index in [9.17, 15) is 9.59 Å². The highest BCUT2D eigenvalue weighted by molar-refractivity contribution is 7.98. The molecule has 2 amide bonds. The van der Waals surface area contributed by atoms with Crippen LogP contribution in [0.25, 0.3) is 22.2 Å². The highest BCUT2D eigenvalue weighted by Crippen LogP contribution is 2.29. The van der Waals surface area contributed by atoms with Crippen molar-refractivity contribution in [2.75, 3.05) is 19.3 Å². The molecule has 0 bridgehead atoms. The average Bonchev–Trinajstić information content (AvgIpc) is 3.29. The molecule has 0 saturated carbocycles. The number of thioether (sulfide) groups is 1. The number of amides is 2. The van der Waals surface area contributed by atoms with Crippen LogP contribution in [0.2, 0.25) is 0 Å². The molecule has 0 radical (unpaired) electrons. The number of nitrogens with zero attached hydrogens (tertiary/aromatic N) is 4. The van der Waals surface area contributed by atoms with Gasteiger partial charge in [0.05, 0.1) is 6.04 Å². The molecular weight excluding hydrogens is 462 g/mol. The average molecular weight is 494 g/mol. The van der Waals surface area contributed by atoms with Crippen molar-refractivity contribution in [1.29, 1.82) is 0 Å². The van der Waals surface area contributed by atoms with Gasteiger partial charge in [-0.2, -0.15) is 0 Å². The highest BCUT2D eigenvalue weighted by Gasteiger charge is 2.32. The summed E-state index contributed by atoms with van der Waals surface area (Å²) in [5.41, 5.74) is 2.91. The van der Waals surface area contributed by atoms with Gasteiger partial charge in [-0.15, -0.1) is 0 Å². The number of ether oxygens (including phenoxy) is 1. The lowest BCUT2D eigenvalue weighted by Gasteiger charge is -2.28. The maximum atomic E-state index is 13.5. The maximum absolute atomic E-state index is 13.5. The molecule has 1 saturated heterocycles. The van der Waals surface area contributed by atoms with Crippen LogP contribution in [0.15, 0.2) is 41.7 Å². The van der Waals surface area contributed by atoms with Crippen LogP contribution in [-0.2, 0) is 4.74 Å². The smallest absolute Gasteiger partial charge is 0.410 e. The maximum Gasteiger partial charge on any atom is 0.410 e. The second-order valence-corrected chi connectivity index (χ2v) is 10.4. The number of pyridine rings is 1. The molecule has 9 heteroatoms. The first-order chi connectivity index (χ1) is 16.7. The molecule has 4 rings (SSSR count). The van der Waals surface area contributed by atoms with Gasteiger partial charge in [0.1, 0.15) is 11.3 Å². The van der Waals surface area contributed by atoms with Gasteiger partial charge in [0, 0.05) is 30.2 Å². The van der Waals surface area contributed by atoms with E-state index in [1.165, 1.54) is 11.8 Å². The Kier molecular flexibility index (Phi) is 7.25. The Morgan fingerprint density at radius 2 is 1.97 bits per heavy atom. The number of carbonyl (C=O) groups excluding carboxylic acids is 2. The van der Waals surface area contributed by atoms with Gasteiger partial charge in [0.2, 0.25) is 0 Å². The Morgan fingerprint density at radius 3 is 2.69 bits per heavy atom. The SMILES string of the molecule is CSc1ncc2cc(-c3ccccc3C)c(C(=O)NC[C@H]3CCCN3C(=O)OC(C)(C)C)nc2n1. The summed E-state index contributed by atoms with van der Waals surface area (Å²) in [6.07, 6.45) is 4.97. The van der Waals surface area contributed by atoms with E-state index >= 15 is 0 Å². The summed E-state index contributed by atoms with van der Waals surface area (Å²) >= 11 is 1.42. The van der Waals surface area contributed by atoms with Crippen LogP contribution in [0.1, 0.15) is 49.7 Å². The molecule has 1 fully saturated rings. The summed E-state index contributed by atoms with van der Waals surface area (Å²) in [6, 6.07) is 9.69. The van der Waals surface area contributed by atoms with Crippen molar-refractivity contribution in [3.63, 3.8) is 0 Å². The Hall–Kier alpha value is -3.20. The van der Waals surface area contributed by atoms with Gasteiger partial charge < -0.3 is 15.0 Å². The normalized spacial score (nSPS) is 15.9. The minimum Gasteiger partial charge on any atom is -0.444 e. The lowest BCUT2D eigenvalue weighted by atomic mass is 9.98. The zero-order valence-corrected chi connectivity index (χ0v) is 21.6. The highest BCUT2D eigenvalue weighted by atomic mass is 32.2. The van der Waals surface area contributed by atoms with Crippen molar-refractivity contribution in [2.24, 2.45) is 0 Å². The van der Waals surface area contributed by atoms with E-state index in [1.807, 2.05) is 64.3 Å². The summed E-state index contributed by atoms with van der Waals surface area (Å²) in [5.74, 6) is -0.300. The predicted octanol–water partition coefficient (Wildman–Crippen LogP) is 4.85. The standard InChI is InChI=1S/C26H31N5O3S/c1-16-9-6-7-11-19(16)20-13-17-14-28-24(35-5)30-22(17)29-21(20)23(32)27-15-18-10-8-12-31(18)25(33)34-26(2,3)4/h6-7,9,11,13-14,18H,8,10,12,15H2,1-5H3,(H,27,32)/t18-/m1/s1. The first-order valence-corrected chi connectivity index (χ1v) is 12.9. The summed E-state index contributed by atoms with van der Waals surface area (Å²) in [4.78, 5) is 41.3. The number of aryl methyl sites for hydroxylation is 1. The number of hydrogen-bond donors (Lipinski definition) is 1.